The predicted molar refractivity (Wildman–Crippen MR) is 114 cm³/mol. The van der Waals surface area contributed by atoms with Gasteiger partial charge in [-0.3, -0.25) is 10.00 Å². The zero-order valence-electron chi connectivity index (χ0n) is 17.4. The normalized spacial score (nSPS) is 19.6. The summed E-state index contributed by atoms with van der Waals surface area (Å²) < 4.78 is 5.61. The van der Waals surface area contributed by atoms with E-state index in [0.29, 0.717) is 6.54 Å². The van der Waals surface area contributed by atoms with Crippen molar-refractivity contribution in [3.63, 3.8) is 0 Å². The van der Waals surface area contributed by atoms with Crippen LogP contribution in [0.15, 0.2) is 48.5 Å². The molecular weight excluding hydrogens is 362 g/mol. The molecule has 0 unspecified atom stereocenters. The smallest absolute Gasteiger partial charge is 0.122 e. The van der Waals surface area contributed by atoms with Crippen LogP contribution in [0.4, 0.5) is 0 Å². The summed E-state index contributed by atoms with van der Waals surface area (Å²) >= 11 is 0. The number of hydrogen-bond donors (Lipinski definition) is 2. The van der Waals surface area contributed by atoms with Gasteiger partial charge < -0.3 is 9.84 Å². The van der Waals surface area contributed by atoms with Crippen molar-refractivity contribution >= 4 is 0 Å². The molecule has 1 atom stereocenters. The lowest BCUT2D eigenvalue weighted by Gasteiger charge is -2.24. The minimum absolute atomic E-state index is 0.651. The number of rotatable bonds is 6. The highest BCUT2D eigenvalue weighted by molar-refractivity contribution is 5.42. The molecule has 0 bridgehead atoms. The Bertz CT molecular complexity index is 964. The minimum Gasteiger partial charge on any atom is -0.496 e. The summed E-state index contributed by atoms with van der Waals surface area (Å²) in [5.41, 5.74) is 5.99. The standard InChI is InChI=1S/C24H29N3O2/c1-17-22(18(2)26-25-17)14-20-13-19(9-10-23(20)29-3)15-27-12-11-24(28,16-27)21-7-5-4-6-8-21/h4-10,13,28H,11-12,14-16H2,1-3H3,(H,25,26)/t24-/m0/s1. The molecule has 3 aromatic rings. The third-order valence-corrected chi connectivity index (χ3v) is 6.04. The van der Waals surface area contributed by atoms with Gasteiger partial charge in [0.05, 0.1) is 12.8 Å². The predicted octanol–water partition coefficient (Wildman–Crippen LogP) is 3.72. The largest absolute Gasteiger partial charge is 0.496 e. The number of nitrogens with zero attached hydrogens (tertiary/aromatic N) is 2. The van der Waals surface area contributed by atoms with Gasteiger partial charge in [-0.2, -0.15) is 5.10 Å². The Morgan fingerprint density at radius 2 is 1.97 bits per heavy atom. The van der Waals surface area contributed by atoms with Crippen LogP contribution in [-0.2, 0) is 18.6 Å². The van der Waals surface area contributed by atoms with E-state index in [4.69, 9.17) is 4.74 Å². The summed E-state index contributed by atoms with van der Waals surface area (Å²) in [6.45, 7) is 6.44. The summed E-state index contributed by atoms with van der Waals surface area (Å²) in [5, 5.41) is 18.5. The third kappa shape index (κ3) is 4.07. The fourth-order valence-corrected chi connectivity index (χ4v) is 4.34. The Kier molecular flexibility index (Phi) is 5.43. The summed E-state index contributed by atoms with van der Waals surface area (Å²) in [6.07, 6.45) is 1.55. The molecule has 1 aromatic heterocycles. The van der Waals surface area contributed by atoms with Gasteiger partial charge >= 0.3 is 0 Å². The van der Waals surface area contributed by atoms with Gasteiger partial charge in [0.15, 0.2) is 0 Å². The van der Waals surface area contributed by atoms with Gasteiger partial charge in [-0.15, -0.1) is 0 Å². The van der Waals surface area contributed by atoms with Crippen molar-refractivity contribution in [2.45, 2.75) is 38.8 Å². The first-order valence-electron chi connectivity index (χ1n) is 10.1. The second-order valence-corrected chi connectivity index (χ2v) is 8.09. The number of H-pyrrole nitrogens is 1. The molecular formula is C24H29N3O2. The minimum atomic E-state index is -0.762. The van der Waals surface area contributed by atoms with E-state index < -0.39 is 5.60 Å². The lowest BCUT2D eigenvalue weighted by molar-refractivity contribution is 0.0453. The van der Waals surface area contributed by atoms with Crippen LogP contribution in [0.1, 0.15) is 40.1 Å². The Morgan fingerprint density at radius 3 is 2.66 bits per heavy atom. The van der Waals surface area contributed by atoms with E-state index in [9.17, 15) is 5.11 Å². The maximum absolute atomic E-state index is 11.1. The number of ether oxygens (including phenoxy) is 1. The molecule has 2 N–H and O–H groups in total. The van der Waals surface area contributed by atoms with E-state index in [0.717, 1.165) is 54.2 Å². The average Bonchev–Trinajstić information content (AvgIpc) is 3.26. The molecule has 1 aliphatic rings. The molecule has 2 heterocycles. The van der Waals surface area contributed by atoms with Crippen LogP contribution < -0.4 is 4.74 Å². The molecule has 1 aliphatic heterocycles. The number of methoxy groups -OCH3 is 1. The lowest BCUT2D eigenvalue weighted by Crippen LogP contribution is -2.30. The fraction of sp³-hybridized carbons (Fsp3) is 0.375. The van der Waals surface area contributed by atoms with Gasteiger partial charge in [0.1, 0.15) is 11.4 Å². The summed E-state index contributed by atoms with van der Waals surface area (Å²) in [6, 6.07) is 16.4. The Hall–Kier alpha value is -2.63. The first-order valence-corrected chi connectivity index (χ1v) is 10.1. The molecule has 1 saturated heterocycles. The maximum atomic E-state index is 11.1. The molecule has 0 aliphatic carbocycles. The van der Waals surface area contributed by atoms with E-state index in [2.05, 4.69) is 40.2 Å². The molecule has 29 heavy (non-hydrogen) atoms. The first kappa shape index (κ1) is 19.7. The Balaban J connectivity index is 1.51. The highest BCUT2D eigenvalue weighted by atomic mass is 16.5. The van der Waals surface area contributed by atoms with Crippen LogP contribution in [0.5, 0.6) is 5.75 Å². The van der Waals surface area contributed by atoms with Crippen molar-refractivity contribution in [3.8, 4) is 5.75 Å². The van der Waals surface area contributed by atoms with Crippen LogP contribution >= 0.6 is 0 Å². The SMILES string of the molecule is COc1ccc(CN2CC[C@@](O)(c3ccccc3)C2)cc1Cc1c(C)n[nH]c1C. The molecule has 152 valence electrons. The number of benzene rings is 2. The first-order chi connectivity index (χ1) is 14.0. The van der Waals surface area contributed by atoms with Crippen molar-refractivity contribution in [1.29, 1.82) is 0 Å². The second kappa shape index (κ2) is 8.01. The third-order valence-electron chi connectivity index (χ3n) is 6.04. The van der Waals surface area contributed by atoms with Gasteiger partial charge in [0.25, 0.3) is 0 Å². The van der Waals surface area contributed by atoms with Crippen molar-refractivity contribution in [2.24, 2.45) is 0 Å². The molecule has 5 heteroatoms. The molecule has 0 radical (unpaired) electrons. The summed E-state index contributed by atoms with van der Waals surface area (Å²) in [5.74, 6) is 0.899. The topological polar surface area (TPSA) is 61.4 Å². The Morgan fingerprint density at radius 1 is 1.17 bits per heavy atom. The molecule has 2 aromatic carbocycles. The van der Waals surface area contributed by atoms with Crippen molar-refractivity contribution < 1.29 is 9.84 Å². The molecule has 5 nitrogen and oxygen atoms in total. The number of hydrogen-bond acceptors (Lipinski definition) is 4. The summed E-state index contributed by atoms with van der Waals surface area (Å²) in [7, 11) is 1.72. The van der Waals surface area contributed by atoms with Crippen molar-refractivity contribution in [1.82, 2.24) is 15.1 Å². The number of aliphatic hydroxyl groups is 1. The van der Waals surface area contributed by atoms with Gasteiger partial charge in [-0.25, -0.2) is 0 Å². The van der Waals surface area contributed by atoms with Crippen LogP contribution in [0.2, 0.25) is 0 Å². The van der Waals surface area contributed by atoms with E-state index in [-0.39, 0.29) is 0 Å². The van der Waals surface area contributed by atoms with Crippen LogP contribution in [0, 0.1) is 13.8 Å². The van der Waals surface area contributed by atoms with Crippen LogP contribution in [0.3, 0.4) is 0 Å². The van der Waals surface area contributed by atoms with E-state index in [1.54, 1.807) is 7.11 Å². The zero-order chi connectivity index (χ0) is 20.4. The number of aromatic amines is 1. The van der Waals surface area contributed by atoms with E-state index in [1.807, 2.05) is 37.3 Å². The average molecular weight is 392 g/mol. The lowest BCUT2D eigenvalue weighted by atomic mass is 9.93. The molecule has 0 saturated carbocycles. The van der Waals surface area contributed by atoms with Crippen LogP contribution in [0.25, 0.3) is 0 Å². The Labute approximate surface area is 172 Å². The second-order valence-electron chi connectivity index (χ2n) is 8.09. The van der Waals surface area contributed by atoms with Gasteiger partial charge in [0, 0.05) is 37.3 Å². The summed E-state index contributed by atoms with van der Waals surface area (Å²) in [4.78, 5) is 2.33. The quantitative estimate of drug-likeness (QED) is 0.672. The molecule has 4 rings (SSSR count). The monoisotopic (exact) mass is 391 g/mol. The molecule has 1 fully saturated rings. The highest BCUT2D eigenvalue weighted by Crippen LogP contribution is 2.33. The van der Waals surface area contributed by atoms with E-state index >= 15 is 0 Å². The number of aromatic nitrogens is 2. The fourth-order valence-electron chi connectivity index (χ4n) is 4.34. The molecule has 0 amide bonds. The van der Waals surface area contributed by atoms with Gasteiger partial charge in [0.2, 0.25) is 0 Å². The van der Waals surface area contributed by atoms with Gasteiger partial charge in [-0.05, 0) is 43.0 Å². The van der Waals surface area contributed by atoms with Crippen molar-refractivity contribution in [2.75, 3.05) is 20.2 Å². The number of aryl methyl sites for hydroxylation is 2. The zero-order valence-corrected chi connectivity index (χ0v) is 17.4. The van der Waals surface area contributed by atoms with E-state index in [1.165, 1.54) is 11.1 Å². The molecule has 0 spiro atoms. The number of β-amino-alcohol motifs (C(OH)–C–C–N with tert-alkyl or cyclic N) is 1. The maximum Gasteiger partial charge on any atom is 0.122 e. The number of nitrogens with one attached hydrogen (secondary N) is 1. The van der Waals surface area contributed by atoms with Crippen molar-refractivity contribution in [3.05, 3.63) is 82.2 Å². The number of likely N-dealkylation sites (tertiary alicyclic amines) is 1. The van der Waals surface area contributed by atoms with Gasteiger partial charge in [-0.1, -0.05) is 42.5 Å². The van der Waals surface area contributed by atoms with Crippen LogP contribution in [-0.4, -0.2) is 40.4 Å². The highest BCUT2D eigenvalue weighted by Gasteiger charge is 2.37.